The number of para-hydroxylation sites is 1. The molecule has 1 saturated heterocycles. The zero-order chi connectivity index (χ0) is 14.7. The van der Waals surface area contributed by atoms with Gasteiger partial charge in [0.2, 0.25) is 0 Å². The number of hydrogen-bond donors (Lipinski definition) is 2. The number of nitrogens with one attached hydrogen (secondary N) is 1. The predicted octanol–water partition coefficient (Wildman–Crippen LogP) is 1.99. The highest BCUT2D eigenvalue weighted by Gasteiger charge is 2.23. The van der Waals surface area contributed by atoms with E-state index >= 15 is 0 Å². The number of aromatic nitrogens is 1. The first-order valence-electron chi connectivity index (χ1n) is 7.36. The lowest BCUT2D eigenvalue weighted by atomic mass is 10.1. The Morgan fingerprint density at radius 2 is 2.29 bits per heavy atom. The quantitative estimate of drug-likeness (QED) is 0.650. The maximum atomic E-state index is 5.64. The summed E-state index contributed by atoms with van der Waals surface area (Å²) in [6, 6.07) is 10.3. The van der Waals surface area contributed by atoms with Gasteiger partial charge in [-0.2, -0.15) is 0 Å². The monoisotopic (exact) mass is 286 g/mol. The molecule has 112 valence electrons. The number of anilines is 1. The minimum atomic E-state index is 0.637. The average Bonchev–Trinajstić information content (AvgIpc) is 2.94. The van der Waals surface area contributed by atoms with Crippen LogP contribution in [-0.2, 0) is 11.3 Å². The van der Waals surface area contributed by atoms with E-state index in [1.807, 2.05) is 18.2 Å². The average molecular weight is 286 g/mol. The first kappa shape index (κ1) is 14.3. The van der Waals surface area contributed by atoms with E-state index in [-0.39, 0.29) is 0 Å². The van der Waals surface area contributed by atoms with Crippen molar-refractivity contribution in [1.29, 1.82) is 0 Å². The summed E-state index contributed by atoms with van der Waals surface area (Å²) in [6.45, 7) is 3.89. The molecule has 5 nitrogen and oxygen atoms in total. The largest absolute Gasteiger partial charge is 0.384 e. The highest BCUT2D eigenvalue weighted by Crippen LogP contribution is 2.24. The van der Waals surface area contributed by atoms with Gasteiger partial charge >= 0.3 is 0 Å². The summed E-state index contributed by atoms with van der Waals surface area (Å²) >= 11 is 0. The van der Waals surface area contributed by atoms with E-state index in [1.54, 1.807) is 7.11 Å². The Kier molecular flexibility index (Phi) is 4.34. The van der Waals surface area contributed by atoms with Crippen LogP contribution in [0.5, 0.6) is 0 Å². The molecule has 0 spiro atoms. The lowest BCUT2D eigenvalue weighted by molar-refractivity contribution is 0.152. The molecule has 0 radical (unpaired) electrons. The lowest BCUT2D eigenvalue weighted by Crippen LogP contribution is -2.23. The lowest BCUT2D eigenvalue weighted by Gasteiger charge is -2.18. The van der Waals surface area contributed by atoms with Gasteiger partial charge < -0.3 is 10.2 Å². The number of nitrogens with two attached hydrogens (primary N) is 1. The van der Waals surface area contributed by atoms with Gasteiger partial charge in [0.15, 0.2) is 0 Å². The maximum absolute atomic E-state index is 5.64. The van der Waals surface area contributed by atoms with Crippen molar-refractivity contribution in [1.82, 2.24) is 9.88 Å². The van der Waals surface area contributed by atoms with Crippen LogP contribution in [0.1, 0.15) is 12.0 Å². The molecule has 1 aliphatic heterocycles. The van der Waals surface area contributed by atoms with Crippen LogP contribution in [0.2, 0.25) is 0 Å². The number of nitrogens with zero attached hydrogens (tertiary/aromatic N) is 2. The van der Waals surface area contributed by atoms with Crippen molar-refractivity contribution in [3.63, 3.8) is 0 Å². The summed E-state index contributed by atoms with van der Waals surface area (Å²) < 4.78 is 5.26. The first-order chi connectivity index (χ1) is 10.3. The van der Waals surface area contributed by atoms with E-state index in [0.717, 1.165) is 48.5 Å². The molecule has 1 aliphatic rings. The molecule has 0 aliphatic carbocycles. The molecule has 0 amide bonds. The van der Waals surface area contributed by atoms with E-state index in [2.05, 4.69) is 27.4 Å². The molecule has 3 rings (SSSR count). The second-order valence-electron chi connectivity index (χ2n) is 5.68. The molecule has 0 saturated carbocycles. The van der Waals surface area contributed by atoms with Crippen LogP contribution >= 0.6 is 0 Å². The number of benzene rings is 1. The third-order valence-electron chi connectivity index (χ3n) is 4.11. The summed E-state index contributed by atoms with van der Waals surface area (Å²) in [6.07, 6.45) is 1.19. The van der Waals surface area contributed by atoms with Crippen LogP contribution in [0.4, 0.5) is 5.82 Å². The Labute approximate surface area is 125 Å². The number of rotatable bonds is 5. The van der Waals surface area contributed by atoms with Crippen LogP contribution in [0, 0.1) is 5.92 Å². The Bertz CT molecular complexity index is 616. The highest BCUT2D eigenvalue weighted by molar-refractivity contribution is 5.81. The van der Waals surface area contributed by atoms with Crippen LogP contribution < -0.4 is 11.3 Å². The molecule has 1 aromatic heterocycles. The summed E-state index contributed by atoms with van der Waals surface area (Å²) in [4.78, 5) is 7.04. The van der Waals surface area contributed by atoms with Gasteiger partial charge in [0, 0.05) is 31.1 Å². The van der Waals surface area contributed by atoms with E-state index in [1.165, 1.54) is 6.42 Å². The van der Waals surface area contributed by atoms with Crippen LogP contribution in [0.15, 0.2) is 30.3 Å². The molecule has 1 atom stereocenters. The number of fused-ring (bicyclic) bond motifs is 1. The van der Waals surface area contributed by atoms with Gasteiger partial charge in [0.1, 0.15) is 5.82 Å². The fraction of sp³-hybridized carbons (Fsp3) is 0.438. The van der Waals surface area contributed by atoms with Crippen molar-refractivity contribution >= 4 is 16.7 Å². The molecule has 2 aromatic rings. The maximum Gasteiger partial charge on any atom is 0.145 e. The molecule has 2 heterocycles. The molecule has 1 fully saturated rings. The minimum absolute atomic E-state index is 0.637. The SMILES string of the molecule is COCC1CCN(Cc2cc3ccccc3nc2NN)C1. The smallest absolute Gasteiger partial charge is 0.145 e. The summed E-state index contributed by atoms with van der Waals surface area (Å²) in [5.41, 5.74) is 4.85. The minimum Gasteiger partial charge on any atom is -0.384 e. The Balaban J connectivity index is 1.80. The molecule has 1 aromatic carbocycles. The van der Waals surface area contributed by atoms with E-state index in [9.17, 15) is 0 Å². The number of likely N-dealkylation sites (tertiary alicyclic amines) is 1. The molecular formula is C16H22N4O. The van der Waals surface area contributed by atoms with Crippen molar-refractivity contribution < 1.29 is 4.74 Å². The first-order valence-corrected chi connectivity index (χ1v) is 7.36. The number of hydrazine groups is 1. The Hall–Kier alpha value is -1.69. The van der Waals surface area contributed by atoms with Gasteiger partial charge in [-0.05, 0) is 31.0 Å². The van der Waals surface area contributed by atoms with Crippen molar-refractivity contribution in [2.75, 3.05) is 32.2 Å². The standard InChI is InChI=1S/C16H22N4O/c1-21-11-12-6-7-20(9-12)10-14-8-13-4-2-3-5-15(13)18-16(14)19-17/h2-5,8,12H,6-7,9-11,17H2,1H3,(H,18,19). The number of hydrogen-bond acceptors (Lipinski definition) is 5. The molecule has 5 heteroatoms. The number of pyridine rings is 1. The zero-order valence-electron chi connectivity index (χ0n) is 12.4. The van der Waals surface area contributed by atoms with Gasteiger partial charge in [-0.3, -0.25) is 4.90 Å². The van der Waals surface area contributed by atoms with E-state index < -0.39 is 0 Å². The topological polar surface area (TPSA) is 63.4 Å². The van der Waals surface area contributed by atoms with Gasteiger partial charge in [0.25, 0.3) is 0 Å². The van der Waals surface area contributed by atoms with Crippen molar-refractivity contribution in [3.8, 4) is 0 Å². The van der Waals surface area contributed by atoms with Crippen molar-refractivity contribution in [2.24, 2.45) is 11.8 Å². The van der Waals surface area contributed by atoms with E-state index in [4.69, 9.17) is 10.6 Å². The van der Waals surface area contributed by atoms with Gasteiger partial charge in [0.05, 0.1) is 12.1 Å². The Morgan fingerprint density at radius 1 is 1.43 bits per heavy atom. The summed E-state index contributed by atoms with van der Waals surface area (Å²) in [7, 11) is 1.77. The van der Waals surface area contributed by atoms with Crippen molar-refractivity contribution in [2.45, 2.75) is 13.0 Å². The zero-order valence-corrected chi connectivity index (χ0v) is 12.4. The second kappa shape index (κ2) is 6.39. The normalized spacial score (nSPS) is 19.2. The van der Waals surface area contributed by atoms with Crippen LogP contribution in [0.3, 0.4) is 0 Å². The van der Waals surface area contributed by atoms with Gasteiger partial charge in [-0.15, -0.1) is 0 Å². The predicted molar refractivity (Wildman–Crippen MR) is 84.8 cm³/mol. The summed E-state index contributed by atoms with van der Waals surface area (Å²) in [5.74, 6) is 7.04. The number of nitrogen functional groups attached to an aromatic ring is 1. The fourth-order valence-corrected chi connectivity index (χ4v) is 3.07. The molecule has 0 bridgehead atoms. The third-order valence-corrected chi connectivity index (χ3v) is 4.11. The number of methoxy groups -OCH3 is 1. The van der Waals surface area contributed by atoms with Gasteiger partial charge in [-0.25, -0.2) is 10.8 Å². The third kappa shape index (κ3) is 3.15. The Morgan fingerprint density at radius 3 is 3.10 bits per heavy atom. The molecule has 21 heavy (non-hydrogen) atoms. The number of ether oxygens (including phenoxy) is 1. The van der Waals surface area contributed by atoms with Crippen LogP contribution in [-0.4, -0.2) is 36.7 Å². The van der Waals surface area contributed by atoms with Crippen LogP contribution in [0.25, 0.3) is 10.9 Å². The van der Waals surface area contributed by atoms with Gasteiger partial charge in [-0.1, -0.05) is 18.2 Å². The van der Waals surface area contributed by atoms with Crippen molar-refractivity contribution in [3.05, 3.63) is 35.9 Å². The second-order valence-corrected chi connectivity index (χ2v) is 5.68. The molecule has 1 unspecified atom stereocenters. The van der Waals surface area contributed by atoms with E-state index in [0.29, 0.717) is 5.92 Å². The fourth-order valence-electron chi connectivity index (χ4n) is 3.07. The molecular weight excluding hydrogens is 264 g/mol. The highest BCUT2D eigenvalue weighted by atomic mass is 16.5. The molecule has 3 N–H and O–H groups in total. The summed E-state index contributed by atoms with van der Waals surface area (Å²) in [5, 5.41) is 1.15.